The van der Waals surface area contributed by atoms with Crippen LogP contribution in [0.2, 0.25) is 5.15 Å². The lowest BCUT2D eigenvalue weighted by atomic mass is 9.97. The summed E-state index contributed by atoms with van der Waals surface area (Å²) in [6.07, 6.45) is 6.11. The second-order valence-corrected chi connectivity index (χ2v) is 10.1. The van der Waals surface area contributed by atoms with Gasteiger partial charge in [0.1, 0.15) is 17.2 Å². The summed E-state index contributed by atoms with van der Waals surface area (Å²) in [7, 11) is -1.48. The molecule has 0 unspecified atom stereocenters. The van der Waals surface area contributed by atoms with Crippen LogP contribution in [-0.2, 0) is 10.0 Å². The number of halogens is 1. The minimum absolute atomic E-state index is 0.0819. The maximum atomic E-state index is 12.8. The van der Waals surface area contributed by atoms with Gasteiger partial charge in [-0.15, -0.1) is 0 Å². The van der Waals surface area contributed by atoms with E-state index >= 15 is 0 Å². The van der Waals surface area contributed by atoms with Gasteiger partial charge < -0.3 is 9.80 Å². The summed E-state index contributed by atoms with van der Waals surface area (Å²) < 4.78 is 25.0. The Morgan fingerprint density at radius 3 is 2.32 bits per heavy atom. The van der Waals surface area contributed by atoms with Crippen molar-refractivity contribution >= 4 is 27.5 Å². The van der Waals surface area contributed by atoms with Gasteiger partial charge >= 0.3 is 0 Å². The number of amides is 1. The van der Waals surface area contributed by atoms with E-state index in [2.05, 4.69) is 14.9 Å². The van der Waals surface area contributed by atoms with E-state index in [1.165, 1.54) is 16.9 Å². The van der Waals surface area contributed by atoms with Crippen molar-refractivity contribution in [2.75, 3.05) is 39.5 Å². The van der Waals surface area contributed by atoms with E-state index in [4.69, 9.17) is 11.6 Å². The molecular formula is C18H28ClN5O3S. The lowest BCUT2D eigenvalue weighted by Gasteiger charge is -2.43. The van der Waals surface area contributed by atoms with Gasteiger partial charge in [-0.3, -0.25) is 4.79 Å². The Labute approximate surface area is 171 Å². The van der Waals surface area contributed by atoms with Crippen LogP contribution in [0.5, 0.6) is 0 Å². The summed E-state index contributed by atoms with van der Waals surface area (Å²) in [5.41, 5.74) is 0.997. The van der Waals surface area contributed by atoms with E-state index in [0.29, 0.717) is 35.5 Å². The number of carbonyl (C=O) groups excluding carboxylic acids is 1. The number of hydrogen-bond donors (Lipinski definition) is 0. The molecule has 0 aromatic carbocycles. The maximum absolute atomic E-state index is 12.8. The Morgan fingerprint density at radius 2 is 1.75 bits per heavy atom. The SMILES string of the molecule is Cc1c(Cl)ncnc1C(=O)N1CCC(N2CCC(N(C)S(C)(=O)=O)CC2)CC1. The summed E-state index contributed by atoms with van der Waals surface area (Å²) in [6, 6.07) is 0.516. The van der Waals surface area contributed by atoms with Gasteiger partial charge in [0.15, 0.2) is 0 Å². The smallest absolute Gasteiger partial charge is 0.272 e. The predicted molar refractivity (Wildman–Crippen MR) is 108 cm³/mol. The lowest BCUT2D eigenvalue weighted by Crippen LogP contribution is -2.52. The number of piperidine rings is 2. The Hall–Kier alpha value is -1.29. The second-order valence-electron chi connectivity index (χ2n) is 7.71. The number of hydrogen-bond acceptors (Lipinski definition) is 6. The van der Waals surface area contributed by atoms with Gasteiger partial charge in [0.2, 0.25) is 10.0 Å². The molecule has 1 aromatic rings. The van der Waals surface area contributed by atoms with Crippen LogP contribution in [-0.4, -0.2) is 90.0 Å². The summed E-state index contributed by atoms with van der Waals surface area (Å²) in [5.74, 6) is -0.0891. The van der Waals surface area contributed by atoms with Gasteiger partial charge in [-0.05, 0) is 45.7 Å². The molecule has 0 bridgehead atoms. The van der Waals surface area contributed by atoms with Gasteiger partial charge in [-0.25, -0.2) is 22.7 Å². The van der Waals surface area contributed by atoms with Crippen LogP contribution in [0.4, 0.5) is 0 Å². The molecule has 0 radical (unpaired) electrons. The highest BCUT2D eigenvalue weighted by molar-refractivity contribution is 7.88. The highest BCUT2D eigenvalue weighted by Gasteiger charge is 2.33. The average molecular weight is 430 g/mol. The molecular weight excluding hydrogens is 402 g/mol. The number of rotatable bonds is 4. The molecule has 0 atom stereocenters. The second kappa shape index (κ2) is 8.61. The van der Waals surface area contributed by atoms with E-state index in [1.807, 2.05) is 4.90 Å². The monoisotopic (exact) mass is 429 g/mol. The number of aromatic nitrogens is 2. The van der Waals surface area contributed by atoms with Crippen molar-refractivity contribution < 1.29 is 13.2 Å². The van der Waals surface area contributed by atoms with Crippen molar-refractivity contribution in [3.63, 3.8) is 0 Å². The first-order chi connectivity index (χ1) is 13.2. The largest absolute Gasteiger partial charge is 0.337 e. The standard InChI is InChI=1S/C18H28ClN5O3S/c1-13-16(20-12-21-17(13)19)18(25)24-10-6-15(7-11-24)23-8-4-14(5-9-23)22(2)28(3,26)27/h12,14-15H,4-11H2,1-3H3. The van der Waals surface area contributed by atoms with Gasteiger partial charge in [-0.2, -0.15) is 0 Å². The fraction of sp³-hybridized carbons (Fsp3) is 0.722. The number of nitrogens with zero attached hydrogens (tertiary/aromatic N) is 5. The van der Waals surface area contributed by atoms with Crippen molar-refractivity contribution in [2.45, 2.75) is 44.7 Å². The molecule has 2 aliphatic heterocycles. The Morgan fingerprint density at radius 1 is 1.14 bits per heavy atom. The van der Waals surface area contributed by atoms with Crippen LogP contribution < -0.4 is 0 Å². The highest BCUT2D eigenvalue weighted by atomic mass is 35.5. The minimum Gasteiger partial charge on any atom is -0.337 e. The molecule has 8 nitrogen and oxygen atoms in total. The molecule has 3 rings (SSSR count). The van der Waals surface area contributed by atoms with Crippen LogP contribution in [0.1, 0.15) is 41.7 Å². The molecule has 2 aliphatic rings. The van der Waals surface area contributed by atoms with E-state index < -0.39 is 10.0 Å². The highest BCUT2D eigenvalue weighted by Crippen LogP contribution is 2.25. The molecule has 2 fully saturated rings. The van der Waals surface area contributed by atoms with Crippen LogP contribution in [0, 0.1) is 6.92 Å². The summed E-state index contributed by atoms with van der Waals surface area (Å²) in [5, 5.41) is 0.315. The zero-order valence-corrected chi connectivity index (χ0v) is 18.2. The molecule has 2 saturated heterocycles. The van der Waals surface area contributed by atoms with Gasteiger partial charge in [-0.1, -0.05) is 11.6 Å². The summed E-state index contributed by atoms with van der Waals surface area (Å²) >= 11 is 6.01. The molecule has 1 amide bonds. The van der Waals surface area contributed by atoms with Gasteiger partial charge in [0, 0.05) is 37.8 Å². The van der Waals surface area contributed by atoms with E-state index in [-0.39, 0.29) is 11.9 Å². The van der Waals surface area contributed by atoms with Crippen molar-refractivity contribution in [3.05, 3.63) is 22.7 Å². The Bertz CT molecular complexity index is 819. The normalized spacial score (nSPS) is 20.7. The first-order valence-electron chi connectivity index (χ1n) is 9.62. The average Bonchev–Trinajstić information content (AvgIpc) is 2.68. The predicted octanol–water partition coefficient (Wildman–Crippen LogP) is 1.40. The fourth-order valence-corrected chi connectivity index (χ4v) is 5.00. The number of carbonyl (C=O) groups is 1. The Balaban J connectivity index is 1.52. The Kier molecular flexibility index (Phi) is 6.58. The molecule has 1 aromatic heterocycles. The first-order valence-corrected chi connectivity index (χ1v) is 11.8. The molecule has 10 heteroatoms. The molecule has 0 N–H and O–H groups in total. The molecule has 3 heterocycles. The summed E-state index contributed by atoms with van der Waals surface area (Å²) in [6.45, 7) is 4.93. The van der Waals surface area contributed by atoms with Crippen LogP contribution in [0.3, 0.4) is 0 Å². The molecule has 0 aliphatic carbocycles. The van der Waals surface area contributed by atoms with E-state index in [1.54, 1.807) is 14.0 Å². The molecule has 28 heavy (non-hydrogen) atoms. The number of likely N-dealkylation sites (tertiary alicyclic amines) is 2. The number of sulfonamides is 1. The third kappa shape index (κ3) is 4.64. The quantitative estimate of drug-likeness (QED) is 0.672. The molecule has 156 valence electrons. The zero-order valence-electron chi connectivity index (χ0n) is 16.6. The zero-order chi connectivity index (χ0) is 20.5. The van der Waals surface area contributed by atoms with Crippen LogP contribution >= 0.6 is 11.6 Å². The molecule has 0 spiro atoms. The maximum Gasteiger partial charge on any atom is 0.272 e. The van der Waals surface area contributed by atoms with Crippen molar-refractivity contribution in [1.82, 2.24) is 24.1 Å². The first kappa shape index (κ1) is 21.4. The fourth-order valence-electron chi connectivity index (χ4n) is 4.11. The summed E-state index contributed by atoms with van der Waals surface area (Å²) in [4.78, 5) is 25.1. The van der Waals surface area contributed by atoms with Crippen molar-refractivity contribution in [1.29, 1.82) is 0 Å². The van der Waals surface area contributed by atoms with Crippen LogP contribution in [0.25, 0.3) is 0 Å². The topological polar surface area (TPSA) is 86.7 Å². The third-order valence-electron chi connectivity index (χ3n) is 6.03. The van der Waals surface area contributed by atoms with Crippen LogP contribution in [0.15, 0.2) is 6.33 Å². The molecule has 0 saturated carbocycles. The minimum atomic E-state index is -3.14. The van der Waals surface area contributed by atoms with Gasteiger partial charge in [0.05, 0.1) is 6.26 Å². The van der Waals surface area contributed by atoms with Crippen molar-refractivity contribution in [3.8, 4) is 0 Å². The van der Waals surface area contributed by atoms with E-state index in [0.717, 1.165) is 38.8 Å². The van der Waals surface area contributed by atoms with E-state index in [9.17, 15) is 13.2 Å². The van der Waals surface area contributed by atoms with Crippen molar-refractivity contribution in [2.24, 2.45) is 0 Å². The van der Waals surface area contributed by atoms with Gasteiger partial charge in [0.25, 0.3) is 5.91 Å². The third-order valence-corrected chi connectivity index (χ3v) is 7.76. The lowest BCUT2D eigenvalue weighted by molar-refractivity contribution is 0.0542.